The minimum absolute atomic E-state index is 0.0447. The van der Waals surface area contributed by atoms with Gasteiger partial charge in [0.1, 0.15) is 6.23 Å². The van der Waals surface area contributed by atoms with Gasteiger partial charge in [0.2, 0.25) is 5.95 Å². The summed E-state index contributed by atoms with van der Waals surface area (Å²) in [5.41, 5.74) is 8.17. The Labute approximate surface area is 147 Å². The van der Waals surface area contributed by atoms with E-state index in [4.69, 9.17) is 10.5 Å². The van der Waals surface area contributed by atoms with Crippen molar-refractivity contribution in [3.63, 3.8) is 0 Å². The Morgan fingerprint density at radius 3 is 3.00 bits per heavy atom. The molecule has 1 fully saturated rings. The van der Waals surface area contributed by atoms with Crippen molar-refractivity contribution in [1.82, 2.24) is 19.5 Å². The van der Waals surface area contributed by atoms with Crippen molar-refractivity contribution in [3.05, 3.63) is 35.1 Å². The zero-order valence-electron chi connectivity index (χ0n) is 12.9. The lowest BCUT2D eigenvalue weighted by atomic mass is 10.2. The number of rotatable bonds is 3. The van der Waals surface area contributed by atoms with Gasteiger partial charge in [0.25, 0.3) is 0 Å². The molecule has 1 aliphatic rings. The van der Waals surface area contributed by atoms with E-state index in [1.165, 1.54) is 0 Å². The molecular weight excluding hydrogens is 372 g/mol. The average molecular weight is 389 g/mol. The predicted octanol–water partition coefficient (Wildman–Crippen LogP) is 3.61. The van der Waals surface area contributed by atoms with Crippen LogP contribution in [0.4, 0.5) is 17.5 Å². The molecule has 4 rings (SSSR count). The molecule has 3 N–H and O–H groups in total. The highest BCUT2D eigenvalue weighted by Gasteiger charge is 2.21. The summed E-state index contributed by atoms with van der Waals surface area (Å²) in [5.74, 6) is 0.794. The van der Waals surface area contributed by atoms with Crippen molar-refractivity contribution >= 4 is 44.5 Å². The van der Waals surface area contributed by atoms with E-state index in [2.05, 4.69) is 36.2 Å². The van der Waals surface area contributed by atoms with E-state index in [1.54, 1.807) is 6.33 Å². The number of fused-ring (bicyclic) bond motifs is 1. The number of nitrogens with zero attached hydrogens (tertiary/aromatic N) is 4. The van der Waals surface area contributed by atoms with Crippen LogP contribution in [0.5, 0.6) is 0 Å². The van der Waals surface area contributed by atoms with Gasteiger partial charge in [-0.2, -0.15) is 9.97 Å². The second kappa shape index (κ2) is 6.37. The normalized spacial score (nSPS) is 18.0. The summed E-state index contributed by atoms with van der Waals surface area (Å²) >= 11 is 3.46. The SMILES string of the molecule is Nc1nc(Nc2cccc(Br)c2)c2ncn(C3CCCCO3)c2n1. The molecule has 0 amide bonds. The first-order chi connectivity index (χ1) is 11.7. The Kier molecular flexibility index (Phi) is 4.07. The summed E-state index contributed by atoms with van der Waals surface area (Å²) in [7, 11) is 0. The standard InChI is InChI=1S/C16H17BrN6O/c17-10-4-3-5-11(8-10)20-14-13-15(22-16(18)21-14)23(9-19-13)12-6-1-2-7-24-12/h3-5,8-9,12H,1-2,6-7H2,(H3,18,20,21,22). The first-order valence-electron chi connectivity index (χ1n) is 7.85. The first-order valence-corrected chi connectivity index (χ1v) is 8.64. The monoisotopic (exact) mass is 388 g/mol. The molecule has 0 radical (unpaired) electrons. The van der Waals surface area contributed by atoms with Gasteiger partial charge in [0, 0.05) is 16.8 Å². The maximum Gasteiger partial charge on any atom is 0.224 e. The Morgan fingerprint density at radius 2 is 2.21 bits per heavy atom. The van der Waals surface area contributed by atoms with Gasteiger partial charge in [0.05, 0.1) is 6.33 Å². The molecule has 124 valence electrons. The number of ether oxygens (including phenoxy) is 1. The lowest BCUT2D eigenvalue weighted by Gasteiger charge is -2.23. The first kappa shape index (κ1) is 15.3. The number of nitrogens with one attached hydrogen (secondary N) is 1. The fourth-order valence-corrected chi connectivity index (χ4v) is 3.28. The Balaban J connectivity index is 1.74. The van der Waals surface area contributed by atoms with Crippen LogP contribution in [0, 0.1) is 0 Å². The van der Waals surface area contributed by atoms with Gasteiger partial charge in [-0.1, -0.05) is 22.0 Å². The molecule has 24 heavy (non-hydrogen) atoms. The van der Waals surface area contributed by atoms with Crippen LogP contribution in [0.1, 0.15) is 25.5 Å². The van der Waals surface area contributed by atoms with Crippen molar-refractivity contribution in [3.8, 4) is 0 Å². The van der Waals surface area contributed by atoms with Crippen LogP contribution in [0.25, 0.3) is 11.2 Å². The predicted molar refractivity (Wildman–Crippen MR) is 96.0 cm³/mol. The molecule has 1 aliphatic heterocycles. The summed E-state index contributed by atoms with van der Waals surface area (Å²) in [6.07, 6.45) is 4.88. The largest absolute Gasteiger partial charge is 0.368 e. The zero-order chi connectivity index (χ0) is 16.5. The quantitative estimate of drug-likeness (QED) is 0.711. The van der Waals surface area contributed by atoms with Gasteiger partial charge in [0.15, 0.2) is 17.0 Å². The molecule has 0 bridgehead atoms. The number of nitrogen functional groups attached to an aromatic ring is 1. The number of benzene rings is 1. The summed E-state index contributed by atoms with van der Waals surface area (Å²) in [4.78, 5) is 13.2. The van der Waals surface area contributed by atoms with E-state index in [9.17, 15) is 0 Å². The fraction of sp³-hybridized carbons (Fsp3) is 0.312. The number of nitrogens with two attached hydrogens (primary N) is 1. The topological polar surface area (TPSA) is 90.9 Å². The highest BCUT2D eigenvalue weighted by atomic mass is 79.9. The van der Waals surface area contributed by atoms with Crippen LogP contribution < -0.4 is 11.1 Å². The maximum absolute atomic E-state index is 5.91. The summed E-state index contributed by atoms with van der Waals surface area (Å²) < 4.78 is 8.76. The number of imidazole rings is 1. The van der Waals surface area contributed by atoms with Crippen molar-refractivity contribution in [1.29, 1.82) is 0 Å². The summed E-state index contributed by atoms with van der Waals surface area (Å²) in [6, 6.07) is 7.83. The fourth-order valence-electron chi connectivity index (χ4n) is 2.88. The van der Waals surface area contributed by atoms with Gasteiger partial charge >= 0.3 is 0 Å². The third kappa shape index (κ3) is 2.94. The van der Waals surface area contributed by atoms with Gasteiger partial charge in [-0.25, -0.2) is 4.98 Å². The van der Waals surface area contributed by atoms with Crippen molar-refractivity contribution in [2.45, 2.75) is 25.5 Å². The second-order valence-corrected chi connectivity index (χ2v) is 6.63. The van der Waals surface area contributed by atoms with E-state index in [1.807, 2.05) is 28.8 Å². The minimum atomic E-state index is -0.0447. The maximum atomic E-state index is 5.91. The van der Waals surface area contributed by atoms with E-state index in [0.29, 0.717) is 17.0 Å². The molecule has 7 nitrogen and oxygen atoms in total. The van der Waals surface area contributed by atoms with E-state index in [0.717, 1.165) is 36.0 Å². The third-order valence-electron chi connectivity index (χ3n) is 3.99. The molecule has 1 unspecified atom stereocenters. The molecule has 1 aromatic carbocycles. The molecular formula is C16H17BrN6O. The van der Waals surface area contributed by atoms with E-state index < -0.39 is 0 Å². The van der Waals surface area contributed by atoms with Crippen molar-refractivity contribution in [2.24, 2.45) is 0 Å². The van der Waals surface area contributed by atoms with Gasteiger partial charge in [-0.05, 0) is 37.5 Å². The van der Waals surface area contributed by atoms with Crippen molar-refractivity contribution < 1.29 is 4.74 Å². The van der Waals surface area contributed by atoms with Crippen LogP contribution in [0.2, 0.25) is 0 Å². The van der Waals surface area contributed by atoms with E-state index in [-0.39, 0.29) is 12.2 Å². The van der Waals surface area contributed by atoms with Gasteiger partial charge in [-0.15, -0.1) is 0 Å². The molecule has 3 heterocycles. The Morgan fingerprint density at radius 1 is 1.29 bits per heavy atom. The molecule has 2 aromatic heterocycles. The van der Waals surface area contributed by atoms with E-state index >= 15 is 0 Å². The molecule has 0 spiro atoms. The summed E-state index contributed by atoms with van der Waals surface area (Å²) in [5, 5.41) is 3.27. The zero-order valence-corrected chi connectivity index (χ0v) is 14.5. The lowest BCUT2D eigenvalue weighted by molar-refractivity contribution is -0.0298. The number of halogens is 1. The van der Waals surface area contributed by atoms with Crippen LogP contribution in [-0.2, 0) is 4.74 Å². The number of aromatic nitrogens is 4. The molecule has 1 atom stereocenters. The van der Waals surface area contributed by atoms with Gasteiger partial charge < -0.3 is 15.8 Å². The van der Waals surface area contributed by atoms with Crippen LogP contribution in [0.15, 0.2) is 35.1 Å². The smallest absolute Gasteiger partial charge is 0.224 e. The Hall–Kier alpha value is -2.19. The molecule has 1 saturated heterocycles. The van der Waals surface area contributed by atoms with Crippen LogP contribution >= 0.6 is 15.9 Å². The third-order valence-corrected chi connectivity index (χ3v) is 4.49. The van der Waals surface area contributed by atoms with Crippen molar-refractivity contribution in [2.75, 3.05) is 17.7 Å². The van der Waals surface area contributed by atoms with Crippen LogP contribution in [0.3, 0.4) is 0 Å². The van der Waals surface area contributed by atoms with Crippen LogP contribution in [-0.4, -0.2) is 26.1 Å². The summed E-state index contributed by atoms with van der Waals surface area (Å²) in [6.45, 7) is 0.758. The number of hydrogen-bond donors (Lipinski definition) is 2. The molecule has 8 heteroatoms. The Bertz CT molecular complexity index is 874. The second-order valence-electron chi connectivity index (χ2n) is 5.71. The molecule has 3 aromatic rings. The highest BCUT2D eigenvalue weighted by molar-refractivity contribution is 9.10. The average Bonchev–Trinajstić information content (AvgIpc) is 2.99. The number of anilines is 3. The van der Waals surface area contributed by atoms with Gasteiger partial charge in [-0.3, -0.25) is 4.57 Å². The molecule has 0 saturated carbocycles. The molecule has 0 aliphatic carbocycles. The number of hydrogen-bond acceptors (Lipinski definition) is 6. The lowest BCUT2D eigenvalue weighted by Crippen LogP contribution is -2.18. The highest BCUT2D eigenvalue weighted by Crippen LogP contribution is 2.29. The minimum Gasteiger partial charge on any atom is -0.368 e.